The Morgan fingerprint density at radius 2 is 1.96 bits per heavy atom. The lowest BCUT2D eigenvalue weighted by molar-refractivity contribution is -0.127. The number of hydrogen-bond donors (Lipinski definition) is 2. The molecule has 0 saturated heterocycles. The van der Waals surface area contributed by atoms with E-state index in [1.54, 1.807) is 30.8 Å². The number of carbonyl (C=O) groups is 1. The Morgan fingerprint density at radius 3 is 2.42 bits per heavy atom. The first-order chi connectivity index (χ1) is 10.9. The van der Waals surface area contributed by atoms with E-state index in [4.69, 9.17) is 0 Å². The molecular formula is C17H35IN4OS. The molecule has 24 heavy (non-hydrogen) atoms. The zero-order valence-corrected chi connectivity index (χ0v) is 19.0. The highest BCUT2D eigenvalue weighted by Gasteiger charge is 2.37. The van der Waals surface area contributed by atoms with Crippen molar-refractivity contribution in [2.45, 2.75) is 39.5 Å². The molecule has 1 saturated carbocycles. The summed E-state index contributed by atoms with van der Waals surface area (Å²) in [5.41, 5.74) is 0.418. The first kappa shape index (κ1) is 23.8. The minimum atomic E-state index is 0. The van der Waals surface area contributed by atoms with Crippen LogP contribution in [0.25, 0.3) is 0 Å². The Morgan fingerprint density at radius 1 is 1.29 bits per heavy atom. The lowest BCUT2D eigenvalue weighted by atomic mass is 9.64. The maximum atomic E-state index is 11.8. The van der Waals surface area contributed by atoms with E-state index in [-0.39, 0.29) is 36.4 Å². The first-order valence-corrected chi connectivity index (χ1v) is 9.99. The van der Waals surface area contributed by atoms with Gasteiger partial charge in [-0.1, -0.05) is 20.3 Å². The molecule has 1 aliphatic carbocycles. The van der Waals surface area contributed by atoms with E-state index >= 15 is 0 Å². The van der Waals surface area contributed by atoms with Gasteiger partial charge in [-0.15, -0.1) is 24.0 Å². The summed E-state index contributed by atoms with van der Waals surface area (Å²) in [7, 11) is 3.52. The number of rotatable bonds is 9. The number of thioether (sulfide) groups is 1. The number of hydrogen-bond acceptors (Lipinski definition) is 3. The predicted octanol–water partition coefficient (Wildman–Crippen LogP) is 2.81. The van der Waals surface area contributed by atoms with Crippen molar-refractivity contribution in [3.05, 3.63) is 0 Å². The van der Waals surface area contributed by atoms with E-state index in [2.05, 4.69) is 35.7 Å². The number of nitrogens with one attached hydrogen (secondary N) is 2. The van der Waals surface area contributed by atoms with Crippen molar-refractivity contribution >= 4 is 47.6 Å². The van der Waals surface area contributed by atoms with Gasteiger partial charge in [0, 0.05) is 32.9 Å². The monoisotopic (exact) mass is 470 g/mol. The van der Waals surface area contributed by atoms with Crippen LogP contribution in [-0.2, 0) is 4.79 Å². The van der Waals surface area contributed by atoms with Crippen molar-refractivity contribution in [1.29, 1.82) is 0 Å². The van der Waals surface area contributed by atoms with E-state index in [0.717, 1.165) is 30.7 Å². The number of amides is 1. The lowest BCUT2D eigenvalue weighted by Crippen LogP contribution is -2.47. The normalized spacial score (nSPS) is 16.2. The minimum Gasteiger partial charge on any atom is -0.356 e. The van der Waals surface area contributed by atoms with Crippen molar-refractivity contribution in [2.24, 2.45) is 16.3 Å². The van der Waals surface area contributed by atoms with Gasteiger partial charge in [0.05, 0.1) is 0 Å². The molecule has 0 bridgehead atoms. The summed E-state index contributed by atoms with van der Waals surface area (Å²) >= 11 is 1.80. The Kier molecular flexibility index (Phi) is 12.1. The molecule has 1 fully saturated rings. The van der Waals surface area contributed by atoms with Crippen molar-refractivity contribution in [2.75, 3.05) is 45.7 Å². The van der Waals surface area contributed by atoms with Crippen molar-refractivity contribution < 1.29 is 4.79 Å². The number of likely N-dealkylation sites (N-methyl/N-ethyl adjacent to an activating group) is 1. The summed E-state index contributed by atoms with van der Waals surface area (Å²) in [5, 5.41) is 6.82. The van der Waals surface area contributed by atoms with Crippen LogP contribution >= 0.6 is 35.7 Å². The highest BCUT2D eigenvalue weighted by molar-refractivity contribution is 14.0. The molecule has 0 heterocycles. The number of guanidine groups is 1. The lowest BCUT2D eigenvalue weighted by Gasteiger charge is -2.43. The van der Waals surface area contributed by atoms with Crippen LogP contribution in [0.1, 0.15) is 39.5 Å². The zero-order chi connectivity index (χ0) is 17.3. The number of aliphatic imine (C=N–C) groups is 1. The van der Waals surface area contributed by atoms with Crippen molar-refractivity contribution in [3.8, 4) is 0 Å². The fourth-order valence-electron chi connectivity index (χ4n) is 3.00. The molecule has 1 amide bonds. The van der Waals surface area contributed by atoms with Crippen molar-refractivity contribution in [1.82, 2.24) is 15.5 Å². The van der Waals surface area contributed by atoms with Gasteiger partial charge < -0.3 is 15.5 Å². The van der Waals surface area contributed by atoms with Crippen LogP contribution < -0.4 is 10.6 Å². The average molecular weight is 470 g/mol. The molecule has 5 nitrogen and oxygen atoms in total. The summed E-state index contributed by atoms with van der Waals surface area (Å²) < 4.78 is 0. The summed E-state index contributed by atoms with van der Waals surface area (Å²) in [6.45, 7) is 6.59. The molecule has 0 aromatic heterocycles. The highest BCUT2D eigenvalue weighted by atomic mass is 127. The Balaban J connectivity index is 0.00000529. The smallest absolute Gasteiger partial charge is 0.243 e. The van der Waals surface area contributed by atoms with Gasteiger partial charge in [-0.05, 0) is 36.9 Å². The van der Waals surface area contributed by atoms with Crippen LogP contribution in [0.3, 0.4) is 0 Å². The van der Waals surface area contributed by atoms with Gasteiger partial charge >= 0.3 is 0 Å². The van der Waals surface area contributed by atoms with Gasteiger partial charge in [0.2, 0.25) is 5.91 Å². The van der Waals surface area contributed by atoms with Gasteiger partial charge in [0.1, 0.15) is 6.54 Å². The minimum absolute atomic E-state index is 0. The van der Waals surface area contributed by atoms with Crippen LogP contribution in [0, 0.1) is 11.3 Å². The molecule has 0 aromatic carbocycles. The number of nitrogens with zero attached hydrogens (tertiary/aromatic N) is 2. The fraction of sp³-hybridized carbons (Fsp3) is 0.882. The van der Waals surface area contributed by atoms with Crippen LogP contribution in [0.4, 0.5) is 0 Å². The van der Waals surface area contributed by atoms with Crippen LogP contribution in [0.15, 0.2) is 4.99 Å². The first-order valence-electron chi connectivity index (χ1n) is 8.60. The summed E-state index contributed by atoms with van der Waals surface area (Å²) in [5.74, 6) is 2.54. The quantitative estimate of drug-likeness (QED) is 0.236. The van der Waals surface area contributed by atoms with Crippen molar-refractivity contribution in [3.63, 3.8) is 0 Å². The molecule has 7 heteroatoms. The largest absolute Gasteiger partial charge is 0.356 e. The maximum Gasteiger partial charge on any atom is 0.243 e. The summed E-state index contributed by atoms with van der Waals surface area (Å²) in [6, 6.07) is 0. The van der Waals surface area contributed by atoms with Crippen LogP contribution in [0.5, 0.6) is 0 Å². The molecule has 0 spiro atoms. The third kappa shape index (κ3) is 8.78. The second kappa shape index (κ2) is 12.2. The second-order valence-electron chi connectivity index (χ2n) is 7.18. The fourth-order valence-corrected chi connectivity index (χ4v) is 3.31. The third-order valence-corrected chi connectivity index (χ3v) is 4.97. The average Bonchev–Trinajstić information content (AvgIpc) is 2.45. The van der Waals surface area contributed by atoms with Crippen LogP contribution in [-0.4, -0.2) is 62.5 Å². The topological polar surface area (TPSA) is 56.7 Å². The highest BCUT2D eigenvalue weighted by Crippen LogP contribution is 2.45. The predicted molar refractivity (Wildman–Crippen MR) is 117 cm³/mol. The number of carbonyl (C=O) groups excluding carboxylic acids is 1. The molecular weight excluding hydrogens is 435 g/mol. The van der Waals surface area contributed by atoms with E-state index in [1.807, 2.05) is 0 Å². The van der Waals surface area contributed by atoms with Gasteiger partial charge in [-0.3, -0.25) is 4.79 Å². The second-order valence-corrected chi connectivity index (χ2v) is 8.16. The van der Waals surface area contributed by atoms with E-state index < -0.39 is 0 Å². The Labute approximate surface area is 169 Å². The molecule has 0 radical (unpaired) electrons. The molecule has 0 aromatic rings. The Bertz CT molecular complexity index is 398. The van der Waals surface area contributed by atoms with Gasteiger partial charge in [0.15, 0.2) is 5.96 Å². The summed E-state index contributed by atoms with van der Waals surface area (Å²) in [6.07, 6.45) is 7.28. The summed E-state index contributed by atoms with van der Waals surface area (Å²) in [4.78, 5) is 17.8. The third-order valence-electron chi connectivity index (χ3n) is 4.36. The zero-order valence-electron chi connectivity index (χ0n) is 15.9. The Hall–Kier alpha value is -0.180. The molecule has 1 aliphatic rings. The van der Waals surface area contributed by atoms with E-state index in [1.165, 1.54) is 25.7 Å². The van der Waals surface area contributed by atoms with E-state index in [9.17, 15) is 4.79 Å². The van der Waals surface area contributed by atoms with Gasteiger partial charge in [-0.2, -0.15) is 11.8 Å². The molecule has 1 rings (SSSR count). The molecule has 0 unspecified atom stereocenters. The van der Waals surface area contributed by atoms with Gasteiger partial charge in [0.25, 0.3) is 0 Å². The van der Waals surface area contributed by atoms with Crippen LogP contribution in [0.2, 0.25) is 0 Å². The van der Waals surface area contributed by atoms with E-state index in [0.29, 0.717) is 5.41 Å². The molecule has 0 atom stereocenters. The SMILES string of the molecule is CSCCNC(=NCC(=O)N(C)C)NCC1(CC(C)C)CCC1.I. The standard InChI is InChI=1S/C17H34N4OS.HI/c1-14(2)11-17(7-6-8-17)13-20-16(18-9-10-23-5)19-12-15(22)21(3)4;/h14H,6-13H2,1-5H3,(H2,18,19,20);1H. The van der Waals surface area contributed by atoms with Gasteiger partial charge in [-0.25, -0.2) is 4.99 Å². The number of halogens is 1. The maximum absolute atomic E-state index is 11.8. The molecule has 0 aliphatic heterocycles. The molecule has 2 N–H and O–H groups in total. The molecule has 142 valence electrons.